The number of hydrogen-bond donors (Lipinski definition) is 4. The highest BCUT2D eigenvalue weighted by molar-refractivity contribution is 7.11. The van der Waals surface area contributed by atoms with Crippen molar-refractivity contribution in [3.05, 3.63) is 39.9 Å². The first kappa shape index (κ1) is 25.1. The van der Waals surface area contributed by atoms with Gasteiger partial charge in [0.1, 0.15) is 23.2 Å². The number of ether oxygens (including phenoxy) is 1. The van der Waals surface area contributed by atoms with Gasteiger partial charge >= 0.3 is 12.0 Å². The number of carbonyl (C=O) groups excluding carboxylic acids is 1. The van der Waals surface area contributed by atoms with Gasteiger partial charge < -0.3 is 25.2 Å². The maximum Gasteiger partial charge on any atom is 0.344 e. The summed E-state index contributed by atoms with van der Waals surface area (Å²) in [6.45, 7) is 2.12. The van der Waals surface area contributed by atoms with Crippen LogP contribution in [0.25, 0.3) is 0 Å². The normalized spacial score (nSPS) is 16.1. The number of aliphatic hydroxyl groups is 1. The smallest absolute Gasteiger partial charge is 0.344 e. The fourth-order valence-electron chi connectivity index (χ4n) is 3.32. The Kier molecular flexibility index (Phi) is 8.78. The number of carbonyl (C=O) groups is 2. The molecule has 2 amide bonds. The van der Waals surface area contributed by atoms with Gasteiger partial charge in [0.15, 0.2) is 5.56 Å². The minimum atomic E-state index is -1.42. The Morgan fingerprint density at radius 1 is 1.30 bits per heavy atom. The number of hydrogen-bond acceptors (Lipinski definition) is 7. The van der Waals surface area contributed by atoms with E-state index in [9.17, 15) is 28.6 Å². The molecule has 1 unspecified atom stereocenters. The van der Waals surface area contributed by atoms with E-state index in [1.807, 2.05) is 0 Å². The van der Waals surface area contributed by atoms with Crippen molar-refractivity contribution in [1.29, 1.82) is 0 Å². The van der Waals surface area contributed by atoms with Gasteiger partial charge in [-0.1, -0.05) is 11.6 Å². The predicted molar refractivity (Wildman–Crippen MR) is 118 cm³/mol. The van der Waals surface area contributed by atoms with Crippen LogP contribution in [0.15, 0.2) is 12.1 Å². The van der Waals surface area contributed by atoms with Crippen molar-refractivity contribution in [2.45, 2.75) is 32.0 Å². The molecule has 33 heavy (non-hydrogen) atoms. The van der Waals surface area contributed by atoms with E-state index in [2.05, 4.69) is 19.9 Å². The molecule has 2 heterocycles. The van der Waals surface area contributed by atoms with Crippen LogP contribution in [0.2, 0.25) is 5.02 Å². The molecule has 2 aromatic rings. The van der Waals surface area contributed by atoms with Gasteiger partial charge in [0.2, 0.25) is 5.88 Å². The standard InChI is InChI=1S/C20H23ClF2N4O5S/c21-11-7-14(22)13(15(23)8-11)10-32-17-16(19(29)30)18(33-26-17)25-20(31)24-4-1-2-5-27-6-3-12(28)9-27/h7-8,12,28H,1-6,9-10H2,(H,29,30)(H2,24,25,31). The minimum absolute atomic E-state index is 0.0712. The fraction of sp³-hybridized carbons (Fsp3) is 0.450. The van der Waals surface area contributed by atoms with Crippen LogP contribution < -0.4 is 15.4 Å². The number of carboxylic acids is 1. The van der Waals surface area contributed by atoms with Crippen LogP contribution >= 0.6 is 23.1 Å². The number of aromatic carboxylic acids is 1. The summed E-state index contributed by atoms with van der Waals surface area (Å²) in [4.78, 5) is 25.9. The average Bonchev–Trinajstić information content (AvgIpc) is 3.32. The molecule has 0 spiro atoms. The highest BCUT2D eigenvalue weighted by Gasteiger charge is 2.24. The van der Waals surface area contributed by atoms with Crippen LogP contribution in [0.4, 0.5) is 18.6 Å². The highest BCUT2D eigenvalue weighted by Crippen LogP contribution is 2.31. The Bertz CT molecular complexity index is 986. The maximum atomic E-state index is 13.9. The van der Waals surface area contributed by atoms with E-state index in [4.69, 9.17) is 16.3 Å². The van der Waals surface area contributed by atoms with Crippen molar-refractivity contribution < 1.29 is 33.3 Å². The molecule has 0 bridgehead atoms. The molecule has 1 aromatic heterocycles. The van der Waals surface area contributed by atoms with Gasteiger partial charge in [-0.15, -0.1) is 0 Å². The van der Waals surface area contributed by atoms with E-state index in [0.29, 0.717) is 31.0 Å². The van der Waals surface area contributed by atoms with Crippen molar-refractivity contribution in [2.75, 3.05) is 31.5 Å². The molecule has 0 radical (unpaired) electrons. The lowest BCUT2D eigenvalue weighted by atomic mass is 10.2. The number of unbranched alkanes of at least 4 members (excludes halogenated alkanes) is 1. The van der Waals surface area contributed by atoms with Crippen molar-refractivity contribution >= 4 is 40.1 Å². The quantitative estimate of drug-likeness (QED) is 0.366. The van der Waals surface area contributed by atoms with Gasteiger partial charge in [0, 0.05) is 24.7 Å². The second-order valence-corrected chi connectivity index (χ2v) is 8.67. The van der Waals surface area contributed by atoms with E-state index in [1.165, 1.54) is 0 Å². The van der Waals surface area contributed by atoms with Crippen LogP contribution in [0.1, 0.15) is 35.2 Å². The molecular weight excluding hydrogens is 482 g/mol. The van der Waals surface area contributed by atoms with E-state index in [0.717, 1.165) is 38.1 Å². The number of nitrogens with zero attached hydrogens (tertiary/aromatic N) is 2. The summed E-state index contributed by atoms with van der Waals surface area (Å²) < 4.78 is 36.9. The number of β-amino-alcohol motifs (C(OH)–C–C–N with tert-alkyl or cyclic N) is 1. The Balaban J connectivity index is 1.50. The highest BCUT2D eigenvalue weighted by atomic mass is 35.5. The number of benzene rings is 1. The molecule has 1 aliphatic rings. The number of anilines is 1. The third-order valence-electron chi connectivity index (χ3n) is 4.99. The van der Waals surface area contributed by atoms with E-state index in [1.54, 1.807) is 0 Å². The molecule has 1 aromatic carbocycles. The lowest BCUT2D eigenvalue weighted by molar-refractivity contribution is 0.0693. The number of halogens is 3. The number of nitrogens with one attached hydrogen (secondary N) is 2. The fourth-order valence-corrected chi connectivity index (χ4v) is 4.24. The van der Waals surface area contributed by atoms with E-state index >= 15 is 0 Å². The Morgan fingerprint density at radius 3 is 2.67 bits per heavy atom. The molecular formula is C20H23ClF2N4O5S. The second-order valence-electron chi connectivity index (χ2n) is 7.46. The Hall–Kier alpha value is -2.54. The van der Waals surface area contributed by atoms with E-state index < -0.39 is 41.4 Å². The molecule has 1 saturated heterocycles. The molecule has 1 aliphatic heterocycles. The van der Waals surface area contributed by atoms with Gasteiger partial charge in [0.25, 0.3) is 0 Å². The molecule has 0 saturated carbocycles. The number of carboxylic acid groups (broad SMARTS) is 1. The summed E-state index contributed by atoms with van der Waals surface area (Å²) in [5, 5.41) is 23.8. The lowest BCUT2D eigenvalue weighted by Gasteiger charge is -2.14. The predicted octanol–water partition coefficient (Wildman–Crippen LogP) is 3.32. The number of aromatic nitrogens is 1. The zero-order chi connectivity index (χ0) is 24.0. The summed E-state index contributed by atoms with van der Waals surface area (Å²) in [6, 6.07) is 1.21. The number of aliphatic hydroxyl groups excluding tert-OH is 1. The number of rotatable bonds is 10. The van der Waals surface area contributed by atoms with Gasteiger partial charge in [-0.25, -0.2) is 18.4 Å². The topological polar surface area (TPSA) is 124 Å². The zero-order valence-electron chi connectivity index (χ0n) is 17.4. The largest absolute Gasteiger partial charge is 0.477 e. The molecule has 180 valence electrons. The minimum Gasteiger partial charge on any atom is -0.477 e. The average molecular weight is 505 g/mol. The SMILES string of the molecule is O=C(NCCCCN1CCC(O)C1)Nc1snc(OCc2c(F)cc(Cl)cc2F)c1C(=O)O. The monoisotopic (exact) mass is 504 g/mol. The van der Waals surface area contributed by atoms with Crippen molar-refractivity contribution in [3.63, 3.8) is 0 Å². The van der Waals surface area contributed by atoms with Crippen molar-refractivity contribution in [2.24, 2.45) is 0 Å². The van der Waals surface area contributed by atoms with Crippen molar-refractivity contribution in [1.82, 2.24) is 14.6 Å². The summed E-state index contributed by atoms with van der Waals surface area (Å²) in [5.41, 5.74) is -0.850. The first-order chi connectivity index (χ1) is 15.7. The van der Waals surface area contributed by atoms with Gasteiger partial charge in [0.05, 0.1) is 11.7 Å². The third-order valence-corrected chi connectivity index (χ3v) is 5.96. The number of likely N-dealkylation sites (tertiary alicyclic amines) is 1. The molecule has 3 rings (SSSR count). The molecule has 0 aliphatic carbocycles. The lowest BCUT2D eigenvalue weighted by Crippen LogP contribution is -2.30. The third kappa shape index (κ3) is 6.97. The summed E-state index contributed by atoms with van der Waals surface area (Å²) in [5.74, 6) is -3.67. The first-order valence-corrected chi connectivity index (χ1v) is 11.3. The Labute approximate surface area is 197 Å². The van der Waals surface area contributed by atoms with Gasteiger partial charge in [-0.2, -0.15) is 4.37 Å². The van der Waals surface area contributed by atoms with E-state index in [-0.39, 0.29) is 22.0 Å². The summed E-state index contributed by atoms with van der Waals surface area (Å²) in [6.07, 6.45) is 2.05. The molecule has 1 fully saturated rings. The number of urea groups is 1. The summed E-state index contributed by atoms with van der Waals surface area (Å²) >= 11 is 6.25. The van der Waals surface area contributed by atoms with Crippen LogP contribution in [0.5, 0.6) is 5.88 Å². The molecule has 9 nitrogen and oxygen atoms in total. The van der Waals surface area contributed by atoms with Crippen LogP contribution in [-0.4, -0.2) is 63.8 Å². The Morgan fingerprint density at radius 2 is 2.03 bits per heavy atom. The molecule has 13 heteroatoms. The zero-order valence-corrected chi connectivity index (χ0v) is 19.0. The maximum absolute atomic E-state index is 13.9. The van der Waals surface area contributed by atoms with Crippen molar-refractivity contribution in [3.8, 4) is 5.88 Å². The number of amides is 2. The first-order valence-electron chi connectivity index (χ1n) is 10.2. The van der Waals surface area contributed by atoms with Gasteiger partial charge in [-0.3, -0.25) is 5.32 Å². The second kappa shape index (κ2) is 11.5. The summed E-state index contributed by atoms with van der Waals surface area (Å²) in [7, 11) is 0. The van der Waals surface area contributed by atoms with Crippen LogP contribution in [-0.2, 0) is 6.61 Å². The molecule has 1 atom stereocenters. The van der Waals surface area contributed by atoms with Crippen LogP contribution in [0.3, 0.4) is 0 Å². The van der Waals surface area contributed by atoms with Crippen LogP contribution in [0, 0.1) is 11.6 Å². The van der Waals surface area contributed by atoms with Gasteiger partial charge in [-0.05, 0) is 49.5 Å². The molecule has 4 N–H and O–H groups in total.